The SMILES string of the molecule is CN(CC1(O)CCN(Cc2ccccc2)C1)c1ccc(Br)cn1. The summed E-state index contributed by atoms with van der Waals surface area (Å²) in [4.78, 5) is 8.74. The molecule has 1 saturated heterocycles. The monoisotopic (exact) mass is 375 g/mol. The zero-order chi connectivity index (χ0) is 16.3. The highest BCUT2D eigenvalue weighted by Gasteiger charge is 2.37. The molecule has 0 spiro atoms. The summed E-state index contributed by atoms with van der Waals surface area (Å²) in [6.45, 7) is 3.10. The zero-order valence-electron chi connectivity index (χ0n) is 13.3. The Morgan fingerprint density at radius 1 is 1.26 bits per heavy atom. The standard InChI is InChI=1S/C18H22BrN3O/c1-21(17-8-7-16(19)11-20-17)13-18(23)9-10-22(14-18)12-15-5-3-2-4-6-15/h2-8,11,23H,9-10,12-14H2,1H3. The smallest absolute Gasteiger partial charge is 0.128 e. The lowest BCUT2D eigenvalue weighted by Gasteiger charge is -2.29. The van der Waals surface area contributed by atoms with Crippen LogP contribution in [0.4, 0.5) is 5.82 Å². The molecule has 1 aromatic heterocycles. The summed E-state index contributed by atoms with van der Waals surface area (Å²) in [7, 11) is 1.98. The van der Waals surface area contributed by atoms with E-state index in [0.717, 1.165) is 29.8 Å². The zero-order valence-corrected chi connectivity index (χ0v) is 14.9. The van der Waals surface area contributed by atoms with Crippen molar-refractivity contribution in [3.05, 3.63) is 58.7 Å². The number of pyridine rings is 1. The van der Waals surface area contributed by atoms with Gasteiger partial charge in [0, 0.05) is 43.9 Å². The number of benzene rings is 1. The molecule has 0 radical (unpaired) electrons. The molecule has 1 unspecified atom stereocenters. The summed E-state index contributed by atoms with van der Waals surface area (Å²) < 4.78 is 0.961. The largest absolute Gasteiger partial charge is 0.387 e. The highest BCUT2D eigenvalue weighted by Crippen LogP contribution is 2.25. The van der Waals surface area contributed by atoms with Crippen molar-refractivity contribution in [1.29, 1.82) is 0 Å². The van der Waals surface area contributed by atoms with Gasteiger partial charge in [-0.25, -0.2) is 4.98 Å². The van der Waals surface area contributed by atoms with Crippen LogP contribution in [0.1, 0.15) is 12.0 Å². The number of rotatable bonds is 5. The van der Waals surface area contributed by atoms with Crippen molar-refractivity contribution in [2.24, 2.45) is 0 Å². The lowest BCUT2D eigenvalue weighted by atomic mass is 10.0. The van der Waals surface area contributed by atoms with Crippen LogP contribution >= 0.6 is 15.9 Å². The molecule has 1 fully saturated rings. The first-order valence-corrected chi connectivity index (χ1v) is 8.65. The van der Waals surface area contributed by atoms with Gasteiger partial charge in [-0.2, -0.15) is 0 Å². The number of nitrogens with zero attached hydrogens (tertiary/aromatic N) is 3. The van der Waals surface area contributed by atoms with E-state index in [1.54, 1.807) is 6.20 Å². The first-order valence-electron chi connectivity index (χ1n) is 7.85. The maximum atomic E-state index is 10.9. The number of aromatic nitrogens is 1. The number of likely N-dealkylation sites (tertiary alicyclic amines) is 1. The topological polar surface area (TPSA) is 39.6 Å². The fourth-order valence-corrected chi connectivity index (χ4v) is 3.40. The highest BCUT2D eigenvalue weighted by atomic mass is 79.9. The first-order chi connectivity index (χ1) is 11.0. The van der Waals surface area contributed by atoms with Crippen LogP contribution in [0.3, 0.4) is 0 Å². The van der Waals surface area contributed by atoms with E-state index in [-0.39, 0.29) is 0 Å². The molecule has 122 valence electrons. The van der Waals surface area contributed by atoms with Crippen molar-refractivity contribution in [2.75, 3.05) is 31.6 Å². The molecule has 2 aromatic rings. The molecule has 3 rings (SSSR count). The molecule has 1 N–H and O–H groups in total. The van der Waals surface area contributed by atoms with Gasteiger partial charge < -0.3 is 10.0 Å². The summed E-state index contributed by atoms with van der Waals surface area (Å²) in [5.41, 5.74) is 0.609. The van der Waals surface area contributed by atoms with Crippen LogP contribution in [0, 0.1) is 0 Å². The Balaban J connectivity index is 1.59. The van der Waals surface area contributed by atoms with Gasteiger partial charge in [-0.05, 0) is 40.0 Å². The van der Waals surface area contributed by atoms with Crippen molar-refractivity contribution in [3.8, 4) is 0 Å². The average Bonchev–Trinajstić information content (AvgIpc) is 2.89. The van der Waals surface area contributed by atoms with Crippen molar-refractivity contribution >= 4 is 21.7 Å². The Morgan fingerprint density at radius 3 is 2.74 bits per heavy atom. The van der Waals surface area contributed by atoms with Crippen molar-refractivity contribution in [1.82, 2.24) is 9.88 Å². The Bertz CT molecular complexity index is 634. The van der Waals surface area contributed by atoms with Gasteiger partial charge in [-0.1, -0.05) is 30.3 Å². The lowest BCUT2D eigenvalue weighted by Crippen LogP contribution is -2.44. The van der Waals surface area contributed by atoms with Gasteiger partial charge in [0.2, 0.25) is 0 Å². The minimum Gasteiger partial charge on any atom is -0.387 e. The van der Waals surface area contributed by atoms with Gasteiger partial charge >= 0.3 is 0 Å². The van der Waals surface area contributed by atoms with E-state index >= 15 is 0 Å². The van der Waals surface area contributed by atoms with Gasteiger partial charge in [-0.3, -0.25) is 4.90 Å². The molecule has 1 aromatic carbocycles. The molecular weight excluding hydrogens is 354 g/mol. The third-order valence-electron chi connectivity index (χ3n) is 4.29. The average molecular weight is 376 g/mol. The minimum absolute atomic E-state index is 0.590. The maximum absolute atomic E-state index is 10.9. The molecule has 0 bridgehead atoms. The number of anilines is 1. The first kappa shape index (κ1) is 16.4. The molecule has 2 heterocycles. The van der Waals surface area contributed by atoms with E-state index in [9.17, 15) is 5.11 Å². The van der Waals surface area contributed by atoms with Crippen LogP contribution in [0.25, 0.3) is 0 Å². The molecule has 1 aliphatic heterocycles. The van der Waals surface area contributed by atoms with Gasteiger partial charge in [-0.15, -0.1) is 0 Å². The number of halogens is 1. The fourth-order valence-electron chi connectivity index (χ4n) is 3.16. The van der Waals surface area contributed by atoms with Crippen LogP contribution in [-0.2, 0) is 6.54 Å². The van der Waals surface area contributed by atoms with Crippen molar-refractivity contribution < 1.29 is 5.11 Å². The van der Waals surface area contributed by atoms with Gasteiger partial charge in [0.25, 0.3) is 0 Å². The van der Waals surface area contributed by atoms with E-state index in [4.69, 9.17) is 0 Å². The lowest BCUT2D eigenvalue weighted by molar-refractivity contribution is 0.0561. The van der Waals surface area contributed by atoms with Crippen LogP contribution in [-0.4, -0.2) is 47.3 Å². The predicted molar refractivity (Wildman–Crippen MR) is 96.5 cm³/mol. The van der Waals surface area contributed by atoms with E-state index in [1.165, 1.54) is 5.56 Å². The third-order valence-corrected chi connectivity index (χ3v) is 4.76. The van der Waals surface area contributed by atoms with Crippen LogP contribution < -0.4 is 4.90 Å². The van der Waals surface area contributed by atoms with E-state index in [1.807, 2.05) is 30.1 Å². The number of aliphatic hydroxyl groups is 1. The summed E-state index contributed by atoms with van der Waals surface area (Å²) in [5, 5.41) is 10.9. The Kier molecular flexibility index (Phi) is 4.99. The molecule has 23 heavy (non-hydrogen) atoms. The van der Waals surface area contributed by atoms with Gasteiger partial charge in [0.05, 0.1) is 5.60 Å². The normalized spacial score (nSPS) is 21.5. The van der Waals surface area contributed by atoms with Crippen molar-refractivity contribution in [3.63, 3.8) is 0 Å². The number of likely N-dealkylation sites (N-methyl/N-ethyl adjacent to an activating group) is 1. The van der Waals surface area contributed by atoms with E-state index in [0.29, 0.717) is 13.1 Å². The second kappa shape index (κ2) is 6.99. The summed E-state index contributed by atoms with van der Waals surface area (Å²) >= 11 is 3.40. The quantitative estimate of drug-likeness (QED) is 0.871. The summed E-state index contributed by atoms with van der Waals surface area (Å²) in [6.07, 6.45) is 2.58. The molecule has 1 aliphatic rings. The number of hydrogen-bond donors (Lipinski definition) is 1. The van der Waals surface area contributed by atoms with Crippen LogP contribution in [0.5, 0.6) is 0 Å². The third kappa shape index (κ3) is 4.31. The second-order valence-electron chi connectivity index (χ2n) is 6.36. The Hall–Kier alpha value is -1.43. The molecule has 0 saturated carbocycles. The molecule has 0 aliphatic carbocycles. The number of β-amino-alcohol motifs (C(OH)–C–C–N with tert-alkyl or cyclic N) is 1. The minimum atomic E-state index is -0.682. The molecule has 0 amide bonds. The molecule has 5 heteroatoms. The maximum Gasteiger partial charge on any atom is 0.128 e. The van der Waals surface area contributed by atoms with Crippen molar-refractivity contribution in [2.45, 2.75) is 18.6 Å². The Labute approximate surface area is 145 Å². The Morgan fingerprint density at radius 2 is 2.04 bits per heavy atom. The molecule has 4 nitrogen and oxygen atoms in total. The molecular formula is C18H22BrN3O. The van der Waals surface area contributed by atoms with Crippen LogP contribution in [0.15, 0.2) is 53.1 Å². The summed E-state index contributed by atoms with van der Waals surface area (Å²) in [5.74, 6) is 0.878. The molecule has 1 atom stereocenters. The van der Waals surface area contributed by atoms with Crippen LogP contribution in [0.2, 0.25) is 0 Å². The summed E-state index contributed by atoms with van der Waals surface area (Å²) in [6, 6.07) is 14.4. The predicted octanol–water partition coefficient (Wildman–Crippen LogP) is 2.92. The van der Waals surface area contributed by atoms with Gasteiger partial charge in [0.1, 0.15) is 5.82 Å². The second-order valence-corrected chi connectivity index (χ2v) is 7.28. The fraction of sp³-hybridized carbons (Fsp3) is 0.389. The van der Waals surface area contributed by atoms with E-state index in [2.05, 4.69) is 50.1 Å². The van der Waals surface area contributed by atoms with E-state index < -0.39 is 5.60 Å². The van der Waals surface area contributed by atoms with Gasteiger partial charge in [0.15, 0.2) is 0 Å². The highest BCUT2D eigenvalue weighted by molar-refractivity contribution is 9.10. The number of hydrogen-bond acceptors (Lipinski definition) is 4.